The number of nitrogen functional groups attached to an aromatic ring is 1. The van der Waals surface area contributed by atoms with E-state index in [0.29, 0.717) is 34.8 Å². The minimum absolute atomic E-state index is 0.494. The number of imidazole rings is 1. The molecule has 0 aliphatic rings. The molecule has 1 aromatic carbocycles. The second kappa shape index (κ2) is 5.54. The van der Waals surface area contributed by atoms with Crippen LogP contribution in [0.1, 0.15) is 33.3 Å². The maximum atomic E-state index is 9.15. The molecule has 0 spiro atoms. The summed E-state index contributed by atoms with van der Waals surface area (Å²) in [6.07, 6.45) is 0. The average Bonchev–Trinajstić information content (AvgIpc) is 2.70. The first-order valence-electron chi connectivity index (χ1n) is 7.10. The first-order valence-corrected chi connectivity index (χ1v) is 7.10. The molecular weight excluding hydrogens is 248 g/mol. The SMILES string of the molecule is CC(C)C(Cn1c(N)nc2c(C#N)cccc21)C(C)C. The number of fused-ring (bicyclic) bond motifs is 1. The Labute approximate surface area is 120 Å². The van der Waals surface area contributed by atoms with Crippen molar-refractivity contribution in [2.45, 2.75) is 34.2 Å². The molecule has 0 amide bonds. The van der Waals surface area contributed by atoms with Crippen LogP contribution in [0.3, 0.4) is 0 Å². The molecule has 0 aliphatic heterocycles. The van der Waals surface area contributed by atoms with Gasteiger partial charge in [0.05, 0.1) is 11.1 Å². The van der Waals surface area contributed by atoms with E-state index in [1.54, 1.807) is 6.07 Å². The lowest BCUT2D eigenvalue weighted by atomic mass is 9.85. The molecule has 0 saturated carbocycles. The molecule has 2 rings (SSSR count). The van der Waals surface area contributed by atoms with Crippen molar-refractivity contribution in [1.82, 2.24) is 9.55 Å². The van der Waals surface area contributed by atoms with Gasteiger partial charge >= 0.3 is 0 Å². The topological polar surface area (TPSA) is 67.6 Å². The lowest BCUT2D eigenvalue weighted by Crippen LogP contribution is -2.22. The first kappa shape index (κ1) is 14.4. The van der Waals surface area contributed by atoms with Gasteiger partial charge < -0.3 is 10.3 Å². The van der Waals surface area contributed by atoms with Crippen LogP contribution in [-0.4, -0.2) is 9.55 Å². The van der Waals surface area contributed by atoms with Gasteiger partial charge in [-0.3, -0.25) is 0 Å². The van der Waals surface area contributed by atoms with Crippen molar-refractivity contribution in [2.24, 2.45) is 17.8 Å². The fraction of sp³-hybridized carbons (Fsp3) is 0.500. The molecule has 4 heteroatoms. The highest BCUT2D eigenvalue weighted by Gasteiger charge is 2.21. The van der Waals surface area contributed by atoms with Crippen molar-refractivity contribution in [3.63, 3.8) is 0 Å². The summed E-state index contributed by atoms with van der Waals surface area (Å²) in [7, 11) is 0. The molecular formula is C16H22N4. The Morgan fingerprint density at radius 1 is 1.25 bits per heavy atom. The molecule has 0 saturated heterocycles. The van der Waals surface area contributed by atoms with Crippen LogP contribution in [-0.2, 0) is 6.54 Å². The van der Waals surface area contributed by atoms with E-state index in [9.17, 15) is 0 Å². The minimum atomic E-state index is 0.494. The largest absolute Gasteiger partial charge is 0.369 e. The number of rotatable bonds is 4. The van der Waals surface area contributed by atoms with E-state index in [0.717, 1.165) is 12.1 Å². The lowest BCUT2D eigenvalue weighted by Gasteiger charge is -2.25. The van der Waals surface area contributed by atoms with Gasteiger partial charge in [0.25, 0.3) is 0 Å². The number of benzene rings is 1. The maximum Gasteiger partial charge on any atom is 0.201 e. The minimum Gasteiger partial charge on any atom is -0.369 e. The van der Waals surface area contributed by atoms with Crippen LogP contribution < -0.4 is 5.73 Å². The van der Waals surface area contributed by atoms with E-state index < -0.39 is 0 Å². The molecule has 2 aromatic rings. The van der Waals surface area contributed by atoms with Crippen LogP contribution in [0.25, 0.3) is 11.0 Å². The lowest BCUT2D eigenvalue weighted by molar-refractivity contribution is 0.255. The third kappa shape index (κ3) is 2.49. The summed E-state index contributed by atoms with van der Waals surface area (Å²) in [5, 5.41) is 9.15. The van der Waals surface area contributed by atoms with Crippen LogP contribution in [0.2, 0.25) is 0 Å². The Hall–Kier alpha value is -2.02. The Morgan fingerprint density at radius 3 is 2.45 bits per heavy atom. The number of aromatic nitrogens is 2. The zero-order chi connectivity index (χ0) is 14.9. The van der Waals surface area contributed by atoms with Gasteiger partial charge in [-0.2, -0.15) is 5.26 Å². The summed E-state index contributed by atoms with van der Waals surface area (Å²) in [4.78, 5) is 4.37. The molecule has 106 valence electrons. The van der Waals surface area contributed by atoms with Crippen molar-refractivity contribution in [3.8, 4) is 6.07 Å². The quantitative estimate of drug-likeness (QED) is 0.925. The highest BCUT2D eigenvalue weighted by atomic mass is 15.2. The molecule has 0 atom stereocenters. The van der Waals surface area contributed by atoms with E-state index in [1.165, 1.54) is 0 Å². The molecule has 2 N–H and O–H groups in total. The van der Waals surface area contributed by atoms with Crippen LogP contribution in [0.5, 0.6) is 0 Å². The smallest absolute Gasteiger partial charge is 0.201 e. The van der Waals surface area contributed by atoms with Gasteiger partial charge in [-0.05, 0) is 29.9 Å². The fourth-order valence-electron chi connectivity index (χ4n) is 2.85. The molecule has 0 aliphatic carbocycles. The van der Waals surface area contributed by atoms with Gasteiger partial charge in [0, 0.05) is 6.54 Å². The van der Waals surface area contributed by atoms with E-state index in [-0.39, 0.29) is 0 Å². The van der Waals surface area contributed by atoms with Crippen molar-refractivity contribution < 1.29 is 0 Å². The molecule has 0 fully saturated rings. The Balaban J connectivity index is 2.50. The number of anilines is 1. The van der Waals surface area contributed by atoms with Gasteiger partial charge in [-0.1, -0.05) is 33.8 Å². The summed E-state index contributed by atoms with van der Waals surface area (Å²) in [6.45, 7) is 9.79. The van der Waals surface area contributed by atoms with Crippen LogP contribution in [0, 0.1) is 29.1 Å². The van der Waals surface area contributed by atoms with Gasteiger partial charge in [0.15, 0.2) is 0 Å². The van der Waals surface area contributed by atoms with E-state index in [2.05, 4.69) is 38.7 Å². The number of nitrogens with zero attached hydrogens (tertiary/aromatic N) is 3. The number of hydrogen-bond acceptors (Lipinski definition) is 3. The van der Waals surface area contributed by atoms with Crippen LogP contribution >= 0.6 is 0 Å². The van der Waals surface area contributed by atoms with E-state index in [1.807, 2.05) is 16.7 Å². The van der Waals surface area contributed by atoms with Crippen molar-refractivity contribution >= 4 is 17.0 Å². The number of para-hydroxylation sites is 1. The third-order valence-corrected chi connectivity index (χ3v) is 4.03. The summed E-state index contributed by atoms with van der Waals surface area (Å²) >= 11 is 0. The molecule has 0 radical (unpaired) electrons. The zero-order valence-corrected chi connectivity index (χ0v) is 12.6. The number of nitrogens with two attached hydrogens (primary N) is 1. The average molecular weight is 270 g/mol. The molecule has 1 heterocycles. The van der Waals surface area contributed by atoms with Gasteiger partial charge in [0.1, 0.15) is 11.6 Å². The van der Waals surface area contributed by atoms with Gasteiger partial charge in [0.2, 0.25) is 5.95 Å². The van der Waals surface area contributed by atoms with Gasteiger partial charge in [-0.15, -0.1) is 0 Å². The normalized spacial score (nSPS) is 11.7. The third-order valence-electron chi connectivity index (χ3n) is 4.03. The summed E-state index contributed by atoms with van der Waals surface area (Å²) in [6, 6.07) is 7.83. The fourth-order valence-corrected chi connectivity index (χ4v) is 2.85. The second-order valence-corrected chi connectivity index (χ2v) is 6.02. The highest BCUT2D eigenvalue weighted by molar-refractivity contribution is 5.83. The van der Waals surface area contributed by atoms with Gasteiger partial charge in [-0.25, -0.2) is 4.98 Å². The van der Waals surface area contributed by atoms with Crippen molar-refractivity contribution in [2.75, 3.05) is 5.73 Å². The first-order chi connectivity index (χ1) is 9.45. The monoisotopic (exact) mass is 270 g/mol. The molecule has 4 nitrogen and oxygen atoms in total. The Kier molecular flexibility index (Phi) is 3.99. The zero-order valence-electron chi connectivity index (χ0n) is 12.6. The Morgan fingerprint density at radius 2 is 1.90 bits per heavy atom. The standard InChI is InChI=1S/C16H22N4/c1-10(2)13(11(3)4)9-20-14-7-5-6-12(8-17)15(14)19-16(20)18/h5-7,10-11,13H,9H2,1-4H3,(H2,18,19). The van der Waals surface area contributed by atoms with Crippen LogP contribution in [0.4, 0.5) is 5.95 Å². The second-order valence-electron chi connectivity index (χ2n) is 6.02. The van der Waals surface area contributed by atoms with E-state index in [4.69, 9.17) is 11.0 Å². The Bertz CT molecular complexity index is 638. The van der Waals surface area contributed by atoms with E-state index >= 15 is 0 Å². The van der Waals surface area contributed by atoms with Crippen LogP contribution in [0.15, 0.2) is 18.2 Å². The van der Waals surface area contributed by atoms with Crippen molar-refractivity contribution in [1.29, 1.82) is 5.26 Å². The molecule has 1 aromatic heterocycles. The molecule has 0 unspecified atom stereocenters. The number of nitriles is 1. The highest BCUT2D eigenvalue weighted by Crippen LogP contribution is 2.27. The van der Waals surface area contributed by atoms with Crippen molar-refractivity contribution in [3.05, 3.63) is 23.8 Å². The molecule has 0 bridgehead atoms. The summed E-state index contributed by atoms with van der Waals surface area (Å²) in [5.41, 5.74) is 8.31. The summed E-state index contributed by atoms with van der Waals surface area (Å²) in [5.74, 6) is 2.17. The predicted octanol–water partition coefficient (Wildman–Crippen LogP) is 3.42. The number of hydrogen-bond donors (Lipinski definition) is 1. The predicted molar refractivity (Wildman–Crippen MR) is 82.0 cm³/mol. The molecule has 20 heavy (non-hydrogen) atoms. The maximum absolute atomic E-state index is 9.15. The summed E-state index contributed by atoms with van der Waals surface area (Å²) < 4.78 is 2.04.